The van der Waals surface area contributed by atoms with Crippen molar-refractivity contribution in [2.45, 2.75) is 25.3 Å². The van der Waals surface area contributed by atoms with Crippen LogP contribution in [0.15, 0.2) is 5.38 Å². The normalized spacial score (nSPS) is 21.0. The highest BCUT2D eigenvalue weighted by molar-refractivity contribution is 7.09. The van der Waals surface area contributed by atoms with E-state index in [0.29, 0.717) is 5.92 Å². The molecule has 1 unspecified atom stereocenters. The van der Waals surface area contributed by atoms with E-state index in [9.17, 15) is 0 Å². The smallest absolute Gasteiger partial charge is 0.107 e. The van der Waals surface area contributed by atoms with Crippen molar-refractivity contribution in [2.75, 3.05) is 20.3 Å². The molecule has 0 aromatic carbocycles. The number of hydrogen-bond donors (Lipinski definition) is 1. The van der Waals surface area contributed by atoms with Crippen LogP contribution in [0.25, 0.3) is 0 Å². The molecule has 1 aliphatic rings. The molecule has 1 fully saturated rings. The molecule has 1 aromatic rings. The van der Waals surface area contributed by atoms with Crippen LogP contribution in [-0.2, 0) is 11.3 Å². The SMILES string of the molecule is CNCc1nc(C2CCCOC2)cs1.Cl. The quantitative estimate of drug-likeness (QED) is 0.891. The molecule has 0 bridgehead atoms. The highest BCUT2D eigenvalue weighted by atomic mass is 35.5. The number of nitrogens with zero attached hydrogens (tertiary/aromatic N) is 1. The van der Waals surface area contributed by atoms with Gasteiger partial charge in [-0.05, 0) is 19.9 Å². The average Bonchev–Trinajstić information content (AvgIpc) is 2.68. The Morgan fingerprint density at radius 2 is 2.53 bits per heavy atom. The number of ether oxygens (including phenoxy) is 1. The lowest BCUT2D eigenvalue weighted by atomic mass is 10.00. The van der Waals surface area contributed by atoms with Crippen molar-refractivity contribution >= 4 is 23.7 Å². The molecule has 2 rings (SSSR count). The standard InChI is InChI=1S/C10H16N2OS.ClH/c1-11-5-10-12-9(7-14-10)8-3-2-4-13-6-8;/h7-8,11H,2-6H2,1H3;1H. The molecule has 1 atom stereocenters. The lowest BCUT2D eigenvalue weighted by Crippen LogP contribution is -2.16. The van der Waals surface area contributed by atoms with E-state index < -0.39 is 0 Å². The van der Waals surface area contributed by atoms with Gasteiger partial charge in [0.1, 0.15) is 5.01 Å². The summed E-state index contributed by atoms with van der Waals surface area (Å²) in [6, 6.07) is 0. The highest BCUT2D eigenvalue weighted by Gasteiger charge is 2.18. The third-order valence-corrected chi connectivity index (χ3v) is 3.34. The van der Waals surface area contributed by atoms with E-state index in [4.69, 9.17) is 4.74 Å². The molecule has 0 aliphatic carbocycles. The predicted octanol–water partition coefficient (Wildman–Crippen LogP) is 2.18. The van der Waals surface area contributed by atoms with Gasteiger partial charge in [0.05, 0.1) is 12.3 Å². The van der Waals surface area contributed by atoms with Crippen LogP contribution >= 0.6 is 23.7 Å². The molecule has 0 radical (unpaired) electrons. The number of aromatic nitrogens is 1. The van der Waals surface area contributed by atoms with Crippen LogP contribution < -0.4 is 5.32 Å². The Morgan fingerprint density at radius 1 is 1.67 bits per heavy atom. The van der Waals surface area contributed by atoms with Crippen LogP contribution in [-0.4, -0.2) is 25.2 Å². The molecule has 0 spiro atoms. The monoisotopic (exact) mass is 248 g/mol. The van der Waals surface area contributed by atoms with Crippen LogP contribution in [0.5, 0.6) is 0 Å². The molecule has 0 saturated carbocycles. The molecule has 1 aliphatic heterocycles. The Hall–Kier alpha value is -0.160. The number of halogens is 1. The molecule has 5 heteroatoms. The van der Waals surface area contributed by atoms with Gasteiger partial charge in [-0.25, -0.2) is 4.98 Å². The van der Waals surface area contributed by atoms with Crippen molar-refractivity contribution in [1.29, 1.82) is 0 Å². The second-order valence-corrected chi connectivity index (χ2v) is 4.55. The van der Waals surface area contributed by atoms with E-state index in [1.165, 1.54) is 23.5 Å². The van der Waals surface area contributed by atoms with Gasteiger partial charge in [-0.3, -0.25) is 0 Å². The van der Waals surface area contributed by atoms with E-state index in [1.54, 1.807) is 11.3 Å². The zero-order chi connectivity index (χ0) is 9.80. The van der Waals surface area contributed by atoms with Gasteiger partial charge >= 0.3 is 0 Å². The zero-order valence-corrected chi connectivity index (χ0v) is 10.5. The number of rotatable bonds is 3. The van der Waals surface area contributed by atoms with E-state index in [2.05, 4.69) is 15.7 Å². The van der Waals surface area contributed by atoms with E-state index in [0.717, 1.165) is 19.8 Å². The van der Waals surface area contributed by atoms with Gasteiger partial charge in [0.2, 0.25) is 0 Å². The van der Waals surface area contributed by atoms with Gasteiger partial charge in [-0.1, -0.05) is 0 Å². The Kier molecular flexibility index (Phi) is 5.53. The molecule has 1 saturated heterocycles. The summed E-state index contributed by atoms with van der Waals surface area (Å²) in [6.45, 7) is 2.64. The molecule has 2 heterocycles. The predicted molar refractivity (Wildman–Crippen MR) is 64.9 cm³/mol. The van der Waals surface area contributed by atoms with Gasteiger partial charge in [0, 0.05) is 24.4 Å². The lowest BCUT2D eigenvalue weighted by molar-refractivity contribution is 0.0794. The maximum atomic E-state index is 5.45. The molecule has 86 valence electrons. The number of hydrogen-bond acceptors (Lipinski definition) is 4. The van der Waals surface area contributed by atoms with Crippen molar-refractivity contribution in [3.8, 4) is 0 Å². The summed E-state index contributed by atoms with van der Waals surface area (Å²) in [7, 11) is 1.95. The maximum Gasteiger partial charge on any atom is 0.107 e. The Bertz CT molecular complexity index is 287. The largest absolute Gasteiger partial charge is 0.381 e. The molecule has 0 amide bonds. The molecule has 15 heavy (non-hydrogen) atoms. The van der Waals surface area contributed by atoms with Crippen LogP contribution in [0.1, 0.15) is 29.5 Å². The molecular formula is C10H17ClN2OS. The van der Waals surface area contributed by atoms with Crippen molar-refractivity contribution in [3.05, 3.63) is 16.1 Å². The van der Waals surface area contributed by atoms with Crippen LogP contribution in [0.2, 0.25) is 0 Å². The first-order valence-corrected chi connectivity index (χ1v) is 5.94. The van der Waals surface area contributed by atoms with Crippen LogP contribution in [0, 0.1) is 0 Å². The van der Waals surface area contributed by atoms with Crippen molar-refractivity contribution < 1.29 is 4.74 Å². The summed E-state index contributed by atoms with van der Waals surface area (Å²) in [6.07, 6.45) is 2.40. The first-order chi connectivity index (χ1) is 6.90. The van der Waals surface area contributed by atoms with Gasteiger partial charge in [0.15, 0.2) is 0 Å². The number of thiazole rings is 1. The average molecular weight is 249 g/mol. The summed E-state index contributed by atoms with van der Waals surface area (Å²) < 4.78 is 5.45. The topological polar surface area (TPSA) is 34.2 Å². The van der Waals surface area contributed by atoms with Gasteiger partial charge in [-0.15, -0.1) is 23.7 Å². The first kappa shape index (κ1) is 12.9. The van der Waals surface area contributed by atoms with Crippen molar-refractivity contribution in [3.63, 3.8) is 0 Å². The third kappa shape index (κ3) is 3.41. The molecule has 1 N–H and O–H groups in total. The highest BCUT2D eigenvalue weighted by Crippen LogP contribution is 2.26. The summed E-state index contributed by atoms with van der Waals surface area (Å²) in [5.41, 5.74) is 1.22. The summed E-state index contributed by atoms with van der Waals surface area (Å²) in [4.78, 5) is 4.60. The number of nitrogens with one attached hydrogen (secondary N) is 1. The maximum absolute atomic E-state index is 5.45. The summed E-state index contributed by atoms with van der Waals surface area (Å²) >= 11 is 1.74. The van der Waals surface area contributed by atoms with Crippen molar-refractivity contribution in [2.24, 2.45) is 0 Å². The summed E-state index contributed by atoms with van der Waals surface area (Å²) in [5, 5.41) is 6.46. The van der Waals surface area contributed by atoms with E-state index >= 15 is 0 Å². The second kappa shape index (κ2) is 6.43. The fraction of sp³-hybridized carbons (Fsp3) is 0.700. The lowest BCUT2D eigenvalue weighted by Gasteiger charge is -2.20. The van der Waals surface area contributed by atoms with Gasteiger partial charge in [0.25, 0.3) is 0 Å². The van der Waals surface area contributed by atoms with Crippen LogP contribution in [0.3, 0.4) is 0 Å². The fourth-order valence-corrected chi connectivity index (χ4v) is 2.61. The van der Waals surface area contributed by atoms with Crippen molar-refractivity contribution in [1.82, 2.24) is 10.3 Å². The minimum absolute atomic E-state index is 0. The molecule has 3 nitrogen and oxygen atoms in total. The van der Waals surface area contributed by atoms with Gasteiger partial charge < -0.3 is 10.1 Å². The fourth-order valence-electron chi connectivity index (χ4n) is 1.72. The summed E-state index contributed by atoms with van der Waals surface area (Å²) in [5.74, 6) is 0.533. The van der Waals surface area contributed by atoms with Gasteiger partial charge in [-0.2, -0.15) is 0 Å². The Labute approximate surface area is 101 Å². The first-order valence-electron chi connectivity index (χ1n) is 5.07. The molecule has 1 aromatic heterocycles. The zero-order valence-electron chi connectivity index (χ0n) is 8.86. The molecular weight excluding hydrogens is 232 g/mol. The van der Waals surface area contributed by atoms with E-state index in [1.807, 2.05) is 7.05 Å². The Balaban J connectivity index is 0.00000112. The minimum atomic E-state index is 0. The second-order valence-electron chi connectivity index (χ2n) is 3.61. The minimum Gasteiger partial charge on any atom is -0.381 e. The third-order valence-electron chi connectivity index (χ3n) is 2.48. The van der Waals surface area contributed by atoms with E-state index in [-0.39, 0.29) is 12.4 Å². The Morgan fingerprint density at radius 3 is 3.20 bits per heavy atom. The van der Waals surface area contributed by atoms with Crippen LogP contribution in [0.4, 0.5) is 0 Å².